The van der Waals surface area contributed by atoms with E-state index in [1.165, 1.54) is 43.4 Å². The molecule has 1 aromatic heterocycles. The molecule has 0 aromatic carbocycles. The minimum Gasteiger partial charge on any atom is -0.328 e. The maximum absolute atomic E-state index is 3.80. The molecule has 0 N–H and O–H groups in total. The van der Waals surface area contributed by atoms with E-state index in [4.69, 9.17) is 0 Å². The molecule has 1 heteroatoms. The molecule has 0 fully saturated rings. The van der Waals surface area contributed by atoms with Gasteiger partial charge in [-0.1, -0.05) is 13.0 Å². The zero-order valence-electron chi connectivity index (χ0n) is 7.42. The second-order valence-electron chi connectivity index (χ2n) is 3.44. The Morgan fingerprint density at radius 2 is 2.08 bits per heavy atom. The Kier molecular flexibility index (Phi) is 2.03. The van der Waals surface area contributed by atoms with Gasteiger partial charge in [0.1, 0.15) is 0 Å². The predicted octanol–water partition coefficient (Wildman–Crippen LogP) is 2.86. The summed E-state index contributed by atoms with van der Waals surface area (Å²) in [4.78, 5) is 0. The normalized spacial score (nSPS) is 16.7. The van der Waals surface area contributed by atoms with Gasteiger partial charge < -0.3 is 4.57 Å². The molecule has 1 nitrogen and oxygen atoms in total. The van der Waals surface area contributed by atoms with E-state index in [0.717, 1.165) is 0 Å². The molecule has 0 saturated carbocycles. The van der Waals surface area contributed by atoms with E-state index in [0.29, 0.717) is 0 Å². The SMILES string of the molecule is C=Cn1ccc2c1CCCCC2. The van der Waals surface area contributed by atoms with Gasteiger partial charge in [0.2, 0.25) is 0 Å². The van der Waals surface area contributed by atoms with Gasteiger partial charge in [0.15, 0.2) is 0 Å². The van der Waals surface area contributed by atoms with Crippen LogP contribution in [0.2, 0.25) is 0 Å². The molecule has 0 atom stereocenters. The van der Waals surface area contributed by atoms with Gasteiger partial charge in [0, 0.05) is 18.1 Å². The van der Waals surface area contributed by atoms with Crippen LogP contribution in [0.1, 0.15) is 30.5 Å². The molecule has 0 bridgehead atoms. The minimum absolute atomic E-state index is 1.23. The van der Waals surface area contributed by atoms with E-state index in [-0.39, 0.29) is 0 Å². The van der Waals surface area contributed by atoms with E-state index in [1.807, 2.05) is 6.20 Å². The topological polar surface area (TPSA) is 4.93 Å². The van der Waals surface area contributed by atoms with Crippen LogP contribution in [0.15, 0.2) is 18.8 Å². The molecule has 0 saturated heterocycles. The van der Waals surface area contributed by atoms with Crippen LogP contribution in [0.25, 0.3) is 6.20 Å². The van der Waals surface area contributed by atoms with Crippen LogP contribution < -0.4 is 0 Å². The quantitative estimate of drug-likeness (QED) is 0.558. The third-order valence-corrected chi connectivity index (χ3v) is 2.68. The molecule has 0 unspecified atom stereocenters. The summed E-state index contributed by atoms with van der Waals surface area (Å²) in [6, 6.07) is 2.24. The number of rotatable bonds is 1. The van der Waals surface area contributed by atoms with Crippen molar-refractivity contribution in [2.24, 2.45) is 0 Å². The summed E-state index contributed by atoms with van der Waals surface area (Å²) in [5.41, 5.74) is 3.02. The van der Waals surface area contributed by atoms with E-state index in [2.05, 4.69) is 23.4 Å². The Bertz CT molecular complexity index is 283. The summed E-state index contributed by atoms with van der Waals surface area (Å²) >= 11 is 0. The first kappa shape index (κ1) is 7.66. The van der Waals surface area contributed by atoms with Gasteiger partial charge in [-0.2, -0.15) is 0 Å². The fourth-order valence-electron chi connectivity index (χ4n) is 2.00. The van der Waals surface area contributed by atoms with Crippen LogP contribution in [0, 0.1) is 0 Å². The van der Waals surface area contributed by atoms with Gasteiger partial charge in [-0.15, -0.1) is 0 Å². The van der Waals surface area contributed by atoms with E-state index < -0.39 is 0 Å². The van der Waals surface area contributed by atoms with Crippen molar-refractivity contribution in [3.63, 3.8) is 0 Å². The smallest absolute Gasteiger partial charge is 0.0252 e. The lowest BCUT2D eigenvalue weighted by atomic mass is 10.1. The zero-order chi connectivity index (χ0) is 8.39. The van der Waals surface area contributed by atoms with Crippen LogP contribution in [0.5, 0.6) is 0 Å². The Morgan fingerprint density at radius 3 is 2.92 bits per heavy atom. The van der Waals surface area contributed by atoms with Gasteiger partial charge in [-0.25, -0.2) is 0 Å². The summed E-state index contributed by atoms with van der Waals surface area (Å²) in [5.74, 6) is 0. The van der Waals surface area contributed by atoms with Gasteiger partial charge >= 0.3 is 0 Å². The molecule has 1 aliphatic rings. The fourth-order valence-corrected chi connectivity index (χ4v) is 2.00. The number of aromatic nitrogens is 1. The molecule has 0 amide bonds. The summed E-state index contributed by atoms with van der Waals surface area (Å²) in [6.45, 7) is 3.80. The van der Waals surface area contributed by atoms with Crippen molar-refractivity contribution in [2.45, 2.75) is 32.1 Å². The highest BCUT2D eigenvalue weighted by Crippen LogP contribution is 2.21. The van der Waals surface area contributed by atoms with Crippen LogP contribution >= 0.6 is 0 Å². The maximum Gasteiger partial charge on any atom is 0.0252 e. The third kappa shape index (κ3) is 1.20. The highest BCUT2D eigenvalue weighted by atomic mass is 14.9. The lowest BCUT2D eigenvalue weighted by Crippen LogP contribution is -1.94. The van der Waals surface area contributed by atoms with Crippen LogP contribution in [0.3, 0.4) is 0 Å². The third-order valence-electron chi connectivity index (χ3n) is 2.68. The second-order valence-corrected chi connectivity index (χ2v) is 3.44. The van der Waals surface area contributed by atoms with Crippen molar-refractivity contribution < 1.29 is 0 Å². The van der Waals surface area contributed by atoms with Crippen molar-refractivity contribution >= 4 is 6.20 Å². The molecular formula is C11H15N. The molecule has 1 heterocycles. The zero-order valence-corrected chi connectivity index (χ0v) is 7.42. The fraction of sp³-hybridized carbons (Fsp3) is 0.455. The summed E-state index contributed by atoms with van der Waals surface area (Å²) in [5, 5.41) is 0. The highest BCUT2D eigenvalue weighted by molar-refractivity contribution is 5.32. The molecule has 2 rings (SSSR count). The van der Waals surface area contributed by atoms with E-state index >= 15 is 0 Å². The number of aryl methyl sites for hydroxylation is 1. The summed E-state index contributed by atoms with van der Waals surface area (Å²) < 4.78 is 2.17. The molecular weight excluding hydrogens is 146 g/mol. The lowest BCUT2D eigenvalue weighted by Gasteiger charge is -2.02. The Labute approximate surface area is 73.7 Å². The van der Waals surface area contributed by atoms with Crippen LogP contribution in [-0.2, 0) is 12.8 Å². The van der Waals surface area contributed by atoms with Crippen molar-refractivity contribution in [1.29, 1.82) is 0 Å². The first-order valence-electron chi connectivity index (χ1n) is 4.73. The van der Waals surface area contributed by atoms with Gasteiger partial charge in [0.05, 0.1) is 0 Å². The van der Waals surface area contributed by atoms with Gasteiger partial charge in [-0.05, 0) is 37.3 Å². The first-order chi connectivity index (χ1) is 5.92. The molecule has 1 aromatic rings. The maximum atomic E-state index is 3.80. The number of hydrogen-bond donors (Lipinski definition) is 0. The molecule has 0 aliphatic heterocycles. The Hall–Kier alpha value is -0.980. The molecule has 0 radical (unpaired) electrons. The predicted molar refractivity (Wildman–Crippen MR) is 52.1 cm³/mol. The number of hydrogen-bond acceptors (Lipinski definition) is 0. The Balaban J connectivity index is 2.38. The van der Waals surface area contributed by atoms with Gasteiger partial charge in [0.25, 0.3) is 0 Å². The molecule has 1 aliphatic carbocycles. The number of fused-ring (bicyclic) bond motifs is 1. The molecule has 64 valence electrons. The first-order valence-corrected chi connectivity index (χ1v) is 4.73. The van der Waals surface area contributed by atoms with Crippen molar-refractivity contribution in [3.05, 3.63) is 30.1 Å². The standard InChI is InChI=1S/C11H15N/c1-2-12-9-8-10-6-4-3-5-7-11(10)12/h2,8-9H,1,3-7H2. The van der Waals surface area contributed by atoms with E-state index in [9.17, 15) is 0 Å². The van der Waals surface area contributed by atoms with E-state index in [1.54, 1.807) is 0 Å². The lowest BCUT2D eigenvalue weighted by molar-refractivity contribution is 0.703. The monoisotopic (exact) mass is 161 g/mol. The van der Waals surface area contributed by atoms with Crippen molar-refractivity contribution in [1.82, 2.24) is 4.57 Å². The second kappa shape index (κ2) is 3.18. The van der Waals surface area contributed by atoms with Crippen LogP contribution in [0.4, 0.5) is 0 Å². The molecule has 0 spiro atoms. The summed E-state index contributed by atoms with van der Waals surface area (Å²) in [7, 11) is 0. The van der Waals surface area contributed by atoms with Crippen molar-refractivity contribution in [3.8, 4) is 0 Å². The van der Waals surface area contributed by atoms with Crippen LogP contribution in [-0.4, -0.2) is 4.57 Å². The number of nitrogens with zero attached hydrogens (tertiary/aromatic N) is 1. The van der Waals surface area contributed by atoms with Crippen molar-refractivity contribution in [2.75, 3.05) is 0 Å². The highest BCUT2D eigenvalue weighted by Gasteiger charge is 2.10. The molecule has 12 heavy (non-hydrogen) atoms. The Morgan fingerprint density at radius 1 is 1.25 bits per heavy atom. The largest absolute Gasteiger partial charge is 0.328 e. The average molecular weight is 161 g/mol. The average Bonchev–Trinajstić information content (AvgIpc) is 2.33. The minimum atomic E-state index is 1.23. The van der Waals surface area contributed by atoms with Gasteiger partial charge in [-0.3, -0.25) is 0 Å². The summed E-state index contributed by atoms with van der Waals surface area (Å²) in [6.07, 6.45) is 10.6.